The second-order valence-corrected chi connectivity index (χ2v) is 7.23. The van der Waals surface area contributed by atoms with Crippen molar-refractivity contribution in [2.45, 2.75) is 52.6 Å². The molecule has 0 unspecified atom stereocenters. The summed E-state index contributed by atoms with van der Waals surface area (Å²) in [7, 11) is 0. The Bertz CT molecular complexity index is 863. The third kappa shape index (κ3) is 4.19. The Morgan fingerprint density at radius 1 is 1.14 bits per heavy atom. The number of nitrogens with zero attached hydrogens (tertiary/aromatic N) is 1. The smallest absolute Gasteiger partial charge is 0.254 e. The lowest BCUT2D eigenvalue weighted by Gasteiger charge is -2.21. The normalized spacial score (nSPS) is 15.5. The summed E-state index contributed by atoms with van der Waals surface area (Å²) in [5.41, 5.74) is 3.71. The standard InChI is InChI=1S/C23H28N2O3/c1-4-5-8-14-28-20-13-7-6-11-18(20)15-25-22-16(2)10-9-12-19(22)21(23(25)27)24-17(3)26/h6-7,9-13,21H,4-5,8,14-15H2,1-3H3,(H,24,26)/t21-/m0/s1. The van der Waals surface area contributed by atoms with Gasteiger partial charge in [-0.05, 0) is 25.0 Å². The molecular formula is C23H28N2O3. The van der Waals surface area contributed by atoms with Crippen LogP contribution in [-0.4, -0.2) is 18.4 Å². The van der Waals surface area contributed by atoms with Gasteiger partial charge in [0, 0.05) is 18.1 Å². The maximum Gasteiger partial charge on any atom is 0.254 e. The third-order valence-corrected chi connectivity index (χ3v) is 5.02. The van der Waals surface area contributed by atoms with Gasteiger partial charge in [0.2, 0.25) is 5.91 Å². The van der Waals surface area contributed by atoms with Crippen molar-refractivity contribution in [2.75, 3.05) is 11.5 Å². The summed E-state index contributed by atoms with van der Waals surface area (Å²) in [6, 6.07) is 13.0. The van der Waals surface area contributed by atoms with Gasteiger partial charge in [-0.3, -0.25) is 9.59 Å². The van der Waals surface area contributed by atoms with Crippen molar-refractivity contribution in [3.8, 4) is 5.75 Å². The number of benzene rings is 2. The summed E-state index contributed by atoms with van der Waals surface area (Å²) in [5.74, 6) is 0.483. The second kappa shape index (κ2) is 8.91. The summed E-state index contributed by atoms with van der Waals surface area (Å²) in [6.07, 6.45) is 3.30. The first-order chi connectivity index (χ1) is 13.5. The number of fused-ring (bicyclic) bond motifs is 1. The lowest BCUT2D eigenvalue weighted by Crippen LogP contribution is -2.36. The van der Waals surface area contributed by atoms with Crippen molar-refractivity contribution in [3.05, 3.63) is 59.2 Å². The molecule has 0 fully saturated rings. The topological polar surface area (TPSA) is 58.6 Å². The molecule has 0 saturated heterocycles. The Kier molecular flexibility index (Phi) is 6.34. The van der Waals surface area contributed by atoms with Crippen LogP contribution in [0.1, 0.15) is 55.8 Å². The van der Waals surface area contributed by atoms with E-state index in [0.29, 0.717) is 13.2 Å². The Hall–Kier alpha value is -2.82. The maximum absolute atomic E-state index is 13.1. The molecule has 1 aliphatic heterocycles. The number of unbranched alkanes of at least 4 members (excludes halogenated alkanes) is 2. The average molecular weight is 380 g/mol. The molecule has 0 bridgehead atoms. The average Bonchev–Trinajstić information content (AvgIpc) is 2.93. The largest absolute Gasteiger partial charge is 0.493 e. The van der Waals surface area contributed by atoms with Crippen molar-refractivity contribution in [3.63, 3.8) is 0 Å². The van der Waals surface area contributed by atoms with Crippen LogP contribution in [0.5, 0.6) is 5.75 Å². The first-order valence-corrected chi connectivity index (χ1v) is 9.91. The predicted molar refractivity (Wildman–Crippen MR) is 110 cm³/mol. The minimum Gasteiger partial charge on any atom is -0.493 e. The summed E-state index contributed by atoms with van der Waals surface area (Å²) < 4.78 is 5.99. The molecule has 148 valence electrons. The lowest BCUT2D eigenvalue weighted by atomic mass is 10.0. The van der Waals surface area contributed by atoms with Crippen molar-refractivity contribution in [1.82, 2.24) is 5.32 Å². The fourth-order valence-corrected chi connectivity index (χ4v) is 3.66. The van der Waals surface area contributed by atoms with E-state index in [-0.39, 0.29) is 11.8 Å². The highest BCUT2D eigenvalue weighted by Gasteiger charge is 2.38. The molecule has 1 atom stereocenters. The summed E-state index contributed by atoms with van der Waals surface area (Å²) in [6.45, 7) is 6.67. The Balaban J connectivity index is 1.87. The van der Waals surface area contributed by atoms with Crippen LogP contribution in [0, 0.1) is 6.92 Å². The van der Waals surface area contributed by atoms with Gasteiger partial charge >= 0.3 is 0 Å². The minimum absolute atomic E-state index is 0.111. The van der Waals surface area contributed by atoms with Gasteiger partial charge in [0.25, 0.3) is 5.91 Å². The van der Waals surface area contributed by atoms with Crippen LogP contribution in [-0.2, 0) is 16.1 Å². The lowest BCUT2D eigenvalue weighted by molar-refractivity contribution is -0.126. The van der Waals surface area contributed by atoms with Gasteiger partial charge in [0.05, 0.1) is 18.8 Å². The van der Waals surface area contributed by atoms with Crippen LogP contribution in [0.15, 0.2) is 42.5 Å². The molecule has 1 heterocycles. The zero-order chi connectivity index (χ0) is 20.1. The first kappa shape index (κ1) is 19.9. The van der Waals surface area contributed by atoms with Crippen LogP contribution in [0.25, 0.3) is 0 Å². The fourth-order valence-electron chi connectivity index (χ4n) is 3.66. The molecule has 0 radical (unpaired) electrons. The number of carbonyl (C=O) groups excluding carboxylic acids is 2. The first-order valence-electron chi connectivity index (χ1n) is 9.91. The zero-order valence-electron chi connectivity index (χ0n) is 16.8. The minimum atomic E-state index is -0.634. The van der Waals surface area contributed by atoms with Gasteiger partial charge < -0.3 is 15.0 Å². The van der Waals surface area contributed by atoms with E-state index in [0.717, 1.165) is 47.4 Å². The summed E-state index contributed by atoms with van der Waals surface area (Å²) >= 11 is 0. The van der Waals surface area contributed by atoms with Crippen LogP contribution in [0.4, 0.5) is 5.69 Å². The maximum atomic E-state index is 13.1. The van der Waals surface area contributed by atoms with E-state index in [9.17, 15) is 9.59 Å². The Morgan fingerprint density at radius 2 is 1.93 bits per heavy atom. The van der Waals surface area contributed by atoms with E-state index in [1.165, 1.54) is 6.92 Å². The monoisotopic (exact) mass is 380 g/mol. The molecule has 3 rings (SSSR count). The molecule has 2 aromatic rings. The predicted octanol–water partition coefficient (Wildman–Crippen LogP) is 4.29. The summed E-state index contributed by atoms with van der Waals surface area (Å²) in [5, 5.41) is 2.79. The van der Waals surface area contributed by atoms with Crippen LogP contribution >= 0.6 is 0 Å². The van der Waals surface area contributed by atoms with Crippen LogP contribution < -0.4 is 15.0 Å². The van der Waals surface area contributed by atoms with E-state index >= 15 is 0 Å². The molecule has 1 aliphatic rings. The van der Waals surface area contributed by atoms with E-state index in [1.807, 2.05) is 49.4 Å². The molecule has 28 heavy (non-hydrogen) atoms. The number of ether oxygens (including phenoxy) is 1. The molecular weight excluding hydrogens is 352 g/mol. The quantitative estimate of drug-likeness (QED) is 0.695. The molecule has 2 amide bonds. The molecule has 0 spiro atoms. The number of rotatable bonds is 8. The third-order valence-electron chi connectivity index (χ3n) is 5.02. The fraction of sp³-hybridized carbons (Fsp3) is 0.391. The molecule has 0 aliphatic carbocycles. The number of amides is 2. The van der Waals surface area contributed by atoms with Crippen molar-refractivity contribution >= 4 is 17.5 Å². The highest BCUT2D eigenvalue weighted by Crippen LogP contribution is 2.40. The molecule has 2 aromatic carbocycles. The Labute approximate surface area is 166 Å². The number of nitrogens with one attached hydrogen (secondary N) is 1. The SMILES string of the molecule is CCCCCOc1ccccc1CN1C(=O)[C@@H](NC(C)=O)c2cccc(C)c21. The molecule has 0 saturated carbocycles. The summed E-state index contributed by atoms with van der Waals surface area (Å²) in [4.78, 5) is 26.5. The molecule has 0 aromatic heterocycles. The van der Waals surface area contributed by atoms with Crippen molar-refractivity contribution in [1.29, 1.82) is 0 Å². The highest BCUT2D eigenvalue weighted by atomic mass is 16.5. The van der Waals surface area contributed by atoms with E-state index in [1.54, 1.807) is 4.90 Å². The number of aryl methyl sites for hydroxylation is 1. The number of carbonyl (C=O) groups is 2. The van der Waals surface area contributed by atoms with E-state index in [2.05, 4.69) is 12.2 Å². The second-order valence-electron chi connectivity index (χ2n) is 7.23. The molecule has 1 N–H and O–H groups in total. The number of anilines is 1. The number of hydrogen-bond donors (Lipinski definition) is 1. The van der Waals surface area contributed by atoms with Gasteiger partial charge in [-0.2, -0.15) is 0 Å². The van der Waals surface area contributed by atoms with Crippen molar-refractivity contribution in [2.24, 2.45) is 0 Å². The van der Waals surface area contributed by atoms with E-state index in [4.69, 9.17) is 4.74 Å². The van der Waals surface area contributed by atoms with E-state index < -0.39 is 6.04 Å². The molecule has 5 nitrogen and oxygen atoms in total. The Morgan fingerprint density at radius 3 is 2.68 bits per heavy atom. The number of para-hydroxylation sites is 2. The molecule has 5 heteroatoms. The van der Waals surface area contributed by atoms with Gasteiger partial charge in [-0.15, -0.1) is 0 Å². The van der Waals surface area contributed by atoms with Crippen molar-refractivity contribution < 1.29 is 14.3 Å². The van der Waals surface area contributed by atoms with Gasteiger partial charge in [-0.25, -0.2) is 0 Å². The number of hydrogen-bond acceptors (Lipinski definition) is 3. The highest BCUT2D eigenvalue weighted by molar-refractivity contribution is 6.06. The van der Waals surface area contributed by atoms with Gasteiger partial charge in [0.15, 0.2) is 0 Å². The van der Waals surface area contributed by atoms with Gasteiger partial charge in [-0.1, -0.05) is 56.2 Å². The van der Waals surface area contributed by atoms with Crippen LogP contribution in [0.2, 0.25) is 0 Å². The zero-order valence-corrected chi connectivity index (χ0v) is 16.8. The van der Waals surface area contributed by atoms with Crippen LogP contribution in [0.3, 0.4) is 0 Å². The van der Waals surface area contributed by atoms with Gasteiger partial charge in [0.1, 0.15) is 11.8 Å².